The van der Waals surface area contributed by atoms with Gasteiger partial charge >= 0.3 is 6.36 Å². The van der Waals surface area contributed by atoms with Gasteiger partial charge in [-0.1, -0.05) is 0 Å². The quantitative estimate of drug-likeness (QED) is 0.773. The third kappa shape index (κ3) is 4.28. The second kappa shape index (κ2) is 4.98. The van der Waals surface area contributed by atoms with E-state index in [4.69, 9.17) is 0 Å². The molecule has 1 aliphatic carbocycles. The first-order valence-electron chi connectivity index (χ1n) is 4.90. The van der Waals surface area contributed by atoms with Gasteiger partial charge in [0, 0.05) is 0 Å². The van der Waals surface area contributed by atoms with E-state index in [9.17, 15) is 13.2 Å². The van der Waals surface area contributed by atoms with E-state index in [1.807, 2.05) is 7.05 Å². The first-order valence-corrected chi connectivity index (χ1v) is 4.90. The van der Waals surface area contributed by atoms with Crippen molar-refractivity contribution < 1.29 is 17.9 Å². The van der Waals surface area contributed by atoms with Crippen LogP contribution in [-0.2, 0) is 4.74 Å². The molecule has 0 spiro atoms. The smallest absolute Gasteiger partial charge is 0.319 e. The minimum Gasteiger partial charge on any atom is -0.319 e. The lowest BCUT2D eigenvalue weighted by atomic mass is 9.87. The highest BCUT2D eigenvalue weighted by Gasteiger charge is 2.35. The van der Waals surface area contributed by atoms with Crippen LogP contribution in [0.2, 0.25) is 0 Å². The van der Waals surface area contributed by atoms with Crippen LogP contribution in [0.1, 0.15) is 25.7 Å². The molecular weight excluding hydrogens is 195 g/mol. The molecule has 1 saturated carbocycles. The minimum absolute atomic E-state index is 0.507. The average molecular weight is 211 g/mol. The molecular formula is C9H16F3NO. The van der Waals surface area contributed by atoms with Crippen LogP contribution < -0.4 is 5.32 Å². The van der Waals surface area contributed by atoms with Crippen LogP contribution in [-0.4, -0.2) is 26.1 Å². The van der Waals surface area contributed by atoms with E-state index in [2.05, 4.69) is 10.1 Å². The van der Waals surface area contributed by atoms with Crippen molar-refractivity contribution >= 4 is 0 Å². The number of hydrogen-bond acceptors (Lipinski definition) is 2. The topological polar surface area (TPSA) is 21.3 Å². The van der Waals surface area contributed by atoms with Gasteiger partial charge in [0.05, 0.1) is 6.10 Å². The van der Waals surface area contributed by atoms with Crippen molar-refractivity contribution in [3.63, 3.8) is 0 Å². The summed E-state index contributed by atoms with van der Waals surface area (Å²) >= 11 is 0. The van der Waals surface area contributed by atoms with E-state index < -0.39 is 12.5 Å². The molecule has 2 nitrogen and oxygen atoms in total. The Morgan fingerprint density at radius 1 is 1.21 bits per heavy atom. The van der Waals surface area contributed by atoms with Crippen LogP contribution in [0.25, 0.3) is 0 Å². The van der Waals surface area contributed by atoms with Crippen LogP contribution in [0.3, 0.4) is 0 Å². The predicted octanol–water partition coefficient (Wildman–Crippen LogP) is 2.30. The van der Waals surface area contributed by atoms with Gasteiger partial charge in [-0.15, -0.1) is 13.2 Å². The second-order valence-electron chi connectivity index (χ2n) is 3.76. The lowest BCUT2D eigenvalue weighted by Crippen LogP contribution is -2.31. The van der Waals surface area contributed by atoms with Crippen molar-refractivity contribution in [1.82, 2.24) is 5.32 Å². The largest absolute Gasteiger partial charge is 0.522 e. The van der Waals surface area contributed by atoms with E-state index in [1.165, 1.54) is 0 Å². The second-order valence-corrected chi connectivity index (χ2v) is 3.76. The summed E-state index contributed by atoms with van der Waals surface area (Å²) in [6, 6.07) is 0. The predicted molar refractivity (Wildman–Crippen MR) is 46.8 cm³/mol. The summed E-state index contributed by atoms with van der Waals surface area (Å²) in [4.78, 5) is 0. The first-order chi connectivity index (χ1) is 6.51. The molecule has 0 amide bonds. The number of ether oxygens (including phenoxy) is 1. The first kappa shape index (κ1) is 11.8. The summed E-state index contributed by atoms with van der Waals surface area (Å²) in [5, 5.41) is 3.04. The van der Waals surface area contributed by atoms with E-state index in [0.29, 0.717) is 18.8 Å². The molecule has 1 fully saturated rings. The van der Waals surface area contributed by atoms with Gasteiger partial charge in [-0.2, -0.15) is 0 Å². The monoisotopic (exact) mass is 211 g/mol. The Morgan fingerprint density at radius 3 is 2.21 bits per heavy atom. The molecule has 0 saturated heterocycles. The van der Waals surface area contributed by atoms with Crippen LogP contribution >= 0.6 is 0 Å². The number of halogens is 3. The van der Waals surface area contributed by atoms with E-state index >= 15 is 0 Å². The Morgan fingerprint density at radius 2 is 1.79 bits per heavy atom. The third-order valence-corrected chi connectivity index (χ3v) is 2.59. The van der Waals surface area contributed by atoms with Crippen LogP contribution in [0.4, 0.5) is 13.2 Å². The Balaban J connectivity index is 2.22. The summed E-state index contributed by atoms with van der Waals surface area (Å²) < 4.78 is 39.5. The van der Waals surface area contributed by atoms with Crippen molar-refractivity contribution in [1.29, 1.82) is 0 Å². The maximum absolute atomic E-state index is 11.9. The van der Waals surface area contributed by atoms with Gasteiger partial charge in [0.1, 0.15) is 0 Å². The van der Waals surface area contributed by atoms with E-state index in [0.717, 1.165) is 19.4 Å². The van der Waals surface area contributed by atoms with Crippen molar-refractivity contribution in [2.75, 3.05) is 13.6 Å². The van der Waals surface area contributed by atoms with Gasteiger partial charge in [-0.05, 0) is 45.2 Å². The van der Waals surface area contributed by atoms with Gasteiger partial charge in [0.25, 0.3) is 0 Å². The Hall–Kier alpha value is -0.290. The van der Waals surface area contributed by atoms with Crippen LogP contribution in [0, 0.1) is 5.92 Å². The zero-order chi connectivity index (χ0) is 10.6. The number of hydrogen-bond donors (Lipinski definition) is 1. The summed E-state index contributed by atoms with van der Waals surface area (Å²) in [5.74, 6) is 0.507. The highest BCUT2D eigenvalue weighted by Crippen LogP contribution is 2.30. The highest BCUT2D eigenvalue weighted by molar-refractivity contribution is 4.74. The Bertz CT molecular complexity index is 164. The molecule has 1 N–H and O–H groups in total. The standard InChI is InChI=1S/C9H16F3NO/c1-13-6-7-2-4-8(5-3-7)14-9(10,11)12/h7-8,13H,2-6H2,1H3. The van der Waals surface area contributed by atoms with Crippen LogP contribution in [0.5, 0.6) is 0 Å². The highest BCUT2D eigenvalue weighted by atomic mass is 19.4. The number of alkyl halides is 3. The molecule has 0 aromatic heterocycles. The Kier molecular flexibility index (Phi) is 4.19. The molecule has 0 bridgehead atoms. The summed E-state index contributed by atoms with van der Waals surface area (Å²) in [5.41, 5.74) is 0. The zero-order valence-electron chi connectivity index (χ0n) is 8.23. The number of nitrogens with one attached hydrogen (secondary N) is 1. The zero-order valence-corrected chi connectivity index (χ0v) is 8.23. The lowest BCUT2D eigenvalue weighted by Gasteiger charge is -2.28. The normalized spacial score (nSPS) is 29.1. The van der Waals surface area contributed by atoms with Crippen molar-refractivity contribution in [3.8, 4) is 0 Å². The molecule has 1 rings (SSSR count). The summed E-state index contributed by atoms with van der Waals surface area (Å²) in [6.07, 6.45) is -2.41. The van der Waals surface area contributed by atoms with Crippen LogP contribution in [0.15, 0.2) is 0 Å². The minimum atomic E-state index is -4.47. The fourth-order valence-electron chi connectivity index (χ4n) is 1.93. The van der Waals surface area contributed by atoms with Gasteiger partial charge in [0.2, 0.25) is 0 Å². The molecule has 5 heteroatoms. The lowest BCUT2D eigenvalue weighted by molar-refractivity contribution is -0.345. The van der Waals surface area contributed by atoms with E-state index in [-0.39, 0.29) is 0 Å². The maximum Gasteiger partial charge on any atom is 0.522 e. The molecule has 0 heterocycles. The SMILES string of the molecule is CNCC1CCC(OC(F)(F)F)CC1. The van der Waals surface area contributed by atoms with Crippen molar-refractivity contribution in [2.45, 2.75) is 38.1 Å². The molecule has 0 aromatic rings. The fourth-order valence-corrected chi connectivity index (χ4v) is 1.93. The maximum atomic E-state index is 11.9. The summed E-state index contributed by atoms with van der Waals surface area (Å²) in [7, 11) is 1.86. The van der Waals surface area contributed by atoms with Gasteiger partial charge in [0.15, 0.2) is 0 Å². The molecule has 0 unspecified atom stereocenters. The number of rotatable bonds is 3. The molecule has 0 aromatic carbocycles. The molecule has 14 heavy (non-hydrogen) atoms. The summed E-state index contributed by atoms with van der Waals surface area (Å²) in [6.45, 7) is 0.888. The van der Waals surface area contributed by atoms with Gasteiger partial charge in [-0.25, -0.2) is 0 Å². The molecule has 0 atom stereocenters. The fraction of sp³-hybridized carbons (Fsp3) is 1.00. The van der Waals surface area contributed by atoms with Crippen molar-refractivity contribution in [3.05, 3.63) is 0 Å². The molecule has 84 valence electrons. The molecule has 0 aliphatic heterocycles. The molecule has 1 aliphatic rings. The third-order valence-electron chi connectivity index (χ3n) is 2.59. The molecule has 0 radical (unpaired) electrons. The van der Waals surface area contributed by atoms with Gasteiger partial charge in [-0.3, -0.25) is 4.74 Å². The Labute approximate surface area is 81.8 Å². The van der Waals surface area contributed by atoms with Gasteiger partial charge < -0.3 is 5.32 Å². The van der Waals surface area contributed by atoms with E-state index in [1.54, 1.807) is 0 Å². The van der Waals surface area contributed by atoms with Crippen molar-refractivity contribution in [2.24, 2.45) is 5.92 Å². The average Bonchev–Trinajstić information content (AvgIpc) is 2.06.